The minimum Gasteiger partial charge on any atom is -0.493 e. The number of hydrogen-bond donors (Lipinski definition) is 0. The van der Waals surface area contributed by atoms with Crippen molar-refractivity contribution in [3.63, 3.8) is 0 Å². The average molecular weight is 484 g/mol. The van der Waals surface area contributed by atoms with Crippen LogP contribution in [0.15, 0.2) is 21.3 Å². The first kappa shape index (κ1) is 25.5. The van der Waals surface area contributed by atoms with E-state index >= 15 is 0 Å². The van der Waals surface area contributed by atoms with E-state index in [-0.39, 0.29) is 10.9 Å². The first-order chi connectivity index (χ1) is 15.7. The molecule has 0 fully saturated rings. The summed E-state index contributed by atoms with van der Waals surface area (Å²) in [6.07, 6.45) is 2.90. The Bertz CT molecular complexity index is 1090. The van der Waals surface area contributed by atoms with Crippen LogP contribution in [0.1, 0.15) is 11.5 Å². The van der Waals surface area contributed by atoms with Crippen molar-refractivity contribution in [2.24, 2.45) is 0 Å². The number of esters is 2. The lowest BCUT2D eigenvalue weighted by atomic mass is 10.2. The summed E-state index contributed by atoms with van der Waals surface area (Å²) in [6, 6.07) is 3.31. The lowest BCUT2D eigenvalue weighted by Gasteiger charge is -2.19. The Kier molecular flexibility index (Phi) is 9.04. The van der Waals surface area contributed by atoms with E-state index in [4.69, 9.17) is 25.5 Å². The van der Waals surface area contributed by atoms with E-state index in [1.54, 1.807) is 12.1 Å². The van der Waals surface area contributed by atoms with Gasteiger partial charge in [-0.15, -0.1) is 5.10 Å². The number of methoxy groups -OCH3 is 4. The lowest BCUT2D eigenvalue weighted by Crippen LogP contribution is -2.42. The predicted molar refractivity (Wildman–Crippen MR) is 115 cm³/mol. The third-order valence-corrected chi connectivity index (χ3v) is 4.67. The topological polar surface area (TPSA) is 139 Å². The smallest absolute Gasteiger partial charge is 0.437 e. The first-order valence-corrected chi connectivity index (χ1v) is 9.69. The number of ether oxygens (including phenoxy) is 4. The standard InChI is InChI=1S/C20H22ClN3O9/c1-29-13-7-5-12(18(21)19(13)32-4)6-8-14-22-24(20(28)33-14)9-15(25)23(10-16(26)30-2)11-17(27)31-3/h5-8H,9-11H2,1-4H3. The van der Waals surface area contributed by atoms with Crippen molar-refractivity contribution < 1.29 is 37.7 Å². The summed E-state index contributed by atoms with van der Waals surface area (Å²) in [7, 11) is 5.19. The van der Waals surface area contributed by atoms with Crippen LogP contribution in [0.25, 0.3) is 12.2 Å². The highest BCUT2D eigenvalue weighted by Crippen LogP contribution is 2.37. The van der Waals surface area contributed by atoms with E-state index in [0.717, 1.165) is 23.8 Å². The van der Waals surface area contributed by atoms with Crippen LogP contribution < -0.4 is 15.2 Å². The van der Waals surface area contributed by atoms with E-state index < -0.39 is 43.2 Å². The fraction of sp³-hybridized carbons (Fsp3) is 0.350. The maximum absolute atomic E-state index is 12.5. The third-order valence-electron chi connectivity index (χ3n) is 4.28. The molecule has 0 aliphatic rings. The van der Waals surface area contributed by atoms with Gasteiger partial charge in [-0.25, -0.2) is 4.79 Å². The van der Waals surface area contributed by atoms with Gasteiger partial charge in [0.2, 0.25) is 11.8 Å². The molecule has 33 heavy (non-hydrogen) atoms. The molecule has 0 aliphatic carbocycles. The van der Waals surface area contributed by atoms with Gasteiger partial charge in [-0.3, -0.25) is 14.4 Å². The van der Waals surface area contributed by atoms with Crippen molar-refractivity contribution in [2.75, 3.05) is 41.5 Å². The largest absolute Gasteiger partial charge is 0.493 e. The molecule has 1 amide bonds. The molecule has 0 atom stereocenters. The summed E-state index contributed by atoms with van der Waals surface area (Å²) < 4.78 is 25.2. The average Bonchev–Trinajstić information content (AvgIpc) is 3.15. The molecular formula is C20H22ClN3O9. The van der Waals surface area contributed by atoms with E-state index in [1.807, 2.05) is 0 Å². The molecule has 0 spiro atoms. The predicted octanol–water partition coefficient (Wildman–Crippen LogP) is 0.852. The van der Waals surface area contributed by atoms with Gasteiger partial charge in [0.25, 0.3) is 0 Å². The summed E-state index contributed by atoms with van der Waals surface area (Å²) in [5.74, 6) is -2.51. The second kappa shape index (κ2) is 11.7. The van der Waals surface area contributed by atoms with Gasteiger partial charge in [-0.2, -0.15) is 4.68 Å². The normalized spacial score (nSPS) is 10.7. The second-order valence-corrected chi connectivity index (χ2v) is 6.68. The highest BCUT2D eigenvalue weighted by molar-refractivity contribution is 6.34. The van der Waals surface area contributed by atoms with Gasteiger partial charge in [0.15, 0.2) is 11.5 Å². The third kappa shape index (κ3) is 6.59. The summed E-state index contributed by atoms with van der Waals surface area (Å²) in [4.78, 5) is 48.6. The summed E-state index contributed by atoms with van der Waals surface area (Å²) in [5.41, 5.74) is 0.532. The molecule has 0 unspecified atom stereocenters. The van der Waals surface area contributed by atoms with E-state index in [2.05, 4.69) is 14.6 Å². The highest BCUT2D eigenvalue weighted by atomic mass is 35.5. The minimum atomic E-state index is -0.919. The minimum absolute atomic E-state index is 0.105. The van der Waals surface area contributed by atoms with Crippen LogP contribution in [-0.4, -0.2) is 74.1 Å². The van der Waals surface area contributed by atoms with Crippen LogP contribution in [0.3, 0.4) is 0 Å². The number of rotatable bonds is 10. The van der Waals surface area contributed by atoms with Crippen molar-refractivity contribution in [3.05, 3.63) is 39.2 Å². The fourth-order valence-corrected chi connectivity index (χ4v) is 2.88. The molecule has 2 aromatic rings. The maximum Gasteiger partial charge on any atom is 0.437 e. The number of carbonyl (C=O) groups excluding carboxylic acids is 3. The van der Waals surface area contributed by atoms with E-state index in [9.17, 15) is 19.2 Å². The van der Waals surface area contributed by atoms with Crippen LogP contribution in [-0.2, 0) is 30.4 Å². The summed E-state index contributed by atoms with van der Waals surface area (Å²) in [6.45, 7) is -1.61. The van der Waals surface area contributed by atoms with E-state index in [0.29, 0.717) is 17.1 Å². The number of benzene rings is 1. The van der Waals surface area contributed by atoms with Crippen molar-refractivity contribution >= 4 is 41.6 Å². The quantitative estimate of drug-likeness (QED) is 0.447. The zero-order chi connectivity index (χ0) is 24.5. The van der Waals surface area contributed by atoms with Crippen LogP contribution in [0.4, 0.5) is 0 Å². The highest BCUT2D eigenvalue weighted by Gasteiger charge is 2.23. The van der Waals surface area contributed by atoms with Gasteiger partial charge in [0.05, 0.1) is 33.5 Å². The van der Waals surface area contributed by atoms with Crippen LogP contribution in [0, 0.1) is 0 Å². The Morgan fingerprint density at radius 3 is 2.24 bits per heavy atom. The van der Waals surface area contributed by atoms with Crippen LogP contribution >= 0.6 is 11.6 Å². The summed E-state index contributed by atoms with van der Waals surface area (Å²) in [5, 5.41) is 4.19. The molecule has 0 bridgehead atoms. The number of nitrogens with zero attached hydrogens (tertiary/aromatic N) is 3. The first-order valence-electron chi connectivity index (χ1n) is 9.31. The van der Waals surface area contributed by atoms with Gasteiger partial charge in [-0.1, -0.05) is 11.6 Å². The van der Waals surface area contributed by atoms with E-state index in [1.165, 1.54) is 26.4 Å². The Labute approximate surface area is 193 Å². The molecule has 0 N–H and O–H groups in total. The van der Waals surface area contributed by atoms with Crippen LogP contribution in [0.2, 0.25) is 5.02 Å². The Hall–Kier alpha value is -3.80. The van der Waals surface area contributed by atoms with Gasteiger partial charge in [0.1, 0.15) is 19.6 Å². The number of halogens is 1. The second-order valence-electron chi connectivity index (χ2n) is 6.30. The monoisotopic (exact) mass is 483 g/mol. The SMILES string of the molecule is COC(=O)CN(CC(=O)OC)C(=O)Cn1nc(C=Cc2ccc(OC)c(OC)c2Cl)oc1=O. The zero-order valence-corrected chi connectivity index (χ0v) is 19.1. The van der Waals surface area contributed by atoms with Crippen molar-refractivity contribution in [1.82, 2.24) is 14.7 Å². The van der Waals surface area contributed by atoms with Gasteiger partial charge < -0.3 is 28.3 Å². The molecule has 1 aromatic heterocycles. The molecule has 12 nitrogen and oxygen atoms in total. The molecule has 0 saturated carbocycles. The fourth-order valence-electron chi connectivity index (χ4n) is 2.59. The Morgan fingerprint density at radius 1 is 1.06 bits per heavy atom. The Morgan fingerprint density at radius 2 is 1.70 bits per heavy atom. The molecular weight excluding hydrogens is 462 g/mol. The number of hydrogen-bond acceptors (Lipinski definition) is 10. The molecule has 0 saturated heterocycles. The Balaban J connectivity index is 2.21. The van der Waals surface area contributed by atoms with Gasteiger partial charge in [-0.05, 0) is 23.8 Å². The molecule has 0 aliphatic heterocycles. The van der Waals surface area contributed by atoms with Crippen molar-refractivity contribution in [2.45, 2.75) is 6.54 Å². The number of carbonyl (C=O) groups is 3. The van der Waals surface area contributed by atoms with Gasteiger partial charge in [0, 0.05) is 6.08 Å². The van der Waals surface area contributed by atoms with Crippen molar-refractivity contribution in [3.8, 4) is 11.5 Å². The van der Waals surface area contributed by atoms with Gasteiger partial charge >= 0.3 is 17.7 Å². The number of aromatic nitrogens is 2. The lowest BCUT2D eigenvalue weighted by molar-refractivity contribution is -0.152. The molecule has 2 rings (SSSR count). The number of amides is 1. The zero-order valence-electron chi connectivity index (χ0n) is 18.3. The molecule has 1 heterocycles. The van der Waals surface area contributed by atoms with Crippen LogP contribution in [0.5, 0.6) is 11.5 Å². The summed E-state index contributed by atoms with van der Waals surface area (Å²) >= 11 is 6.31. The molecule has 1 aromatic carbocycles. The van der Waals surface area contributed by atoms with Crippen molar-refractivity contribution in [1.29, 1.82) is 0 Å². The molecule has 178 valence electrons. The molecule has 13 heteroatoms. The molecule has 0 radical (unpaired) electrons. The maximum atomic E-state index is 12.5.